The Kier molecular flexibility index (Phi) is 5.89. The van der Waals surface area contributed by atoms with E-state index in [9.17, 15) is 0 Å². The van der Waals surface area contributed by atoms with Gasteiger partial charge in [-0.3, -0.25) is 0 Å². The lowest BCUT2D eigenvalue weighted by molar-refractivity contribution is 0.0712. The van der Waals surface area contributed by atoms with Gasteiger partial charge in [-0.05, 0) is 38.2 Å². The number of oxime groups is 1. The van der Waals surface area contributed by atoms with Crippen molar-refractivity contribution < 1.29 is 9.57 Å². The van der Waals surface area contributed by atoms with Crippen molar-refractivity contribution in [1.82, 2.24) is 0 Å². The number of rotatable bonds is 8. The van der Waals surface area contributed by atoms with Crippen LogP contribution < -0.4 is 0 Å². The highest BCUT2D eigenvalue weighted by Crippen LogP contribution is 2.17. The third kappa shape index (κ3) is 5.03. The van der Waals surface area contributed by atoms with Gasteiger partial charge in [-0.1, -0.05) is 35.5 Å². The summed E-state index contributed by atoms with van der Waals surface area (Å²) in [6.45, 7) is 5.34. The molecule has 0 saturated carbocycles. The molecule has 0 spiro atoms. The Morgan fingerprint density at radius 3 is 2.84 bits per heavy atom. The zero-order valence-electron chi connectivity index (χ0n) is 11.4. The fourth-order valence-corrected chi connectivity index (χ4v) is 2.13. The van der Waals surface area contributed by atoms with Gasteiger partial charge in [-0.15, -0.1) is 0 Å². The fraction of sp³-hybridized carbons (Fsp3) is 0.500. The van der Waals surface area contributed by atoms with E-state index in [2.05, 4.69) is 24.2 Å². The largest absolute Gasteiger partial charge is 0.392 e. The van der Waals surface area contributed by atoms with Gasteiger partial charge in [0.1, 0.15) is 6.10 Å². The van der Waals surface area contributed by atoms with Crippen molar-refractivity contribution in [3.05, 3.63) is 42.8 Å². The lowest BCUT2D eigenvalue weighted by Gasteiger charge is -2.08. The molecule has 1 heterocycles. The third-order valence-electron chi connectivity index (χ3n) is 3.26. The Morgan fingerprint density at radius 1 is 1.26 bits per heavy atom. The first kappa shape index (κ1) is 14.1. The van der Waals surface area contributed by atoms with Crippen LogP contribution in [-0.2, 0) is 16.2 Å². The maximum Gasteiger partial charge on any atom is 0.132 e. The first-order valence-electron chi connectivity index (χ1n) is 7.01. The van der Waals surface area contributed by atoms with Crippen LogP contribution >= 0.6 is 0 Å². The summed E-state index contributed by atoms with van der Waals surface area (Å²) in [4.78, 5) is 5.34. The summed E-state index contributed by atoms with van der Waals surface area (Å²) < 4.78 is 5.65. The van der Waals surface area contributed by atoms with Crippen molar-refractivity contribution in [3.8, 4) is 0 Å². The monoisotopic (exact) mass is 260 g/mol. The second-order valence-electron chi connectivity index (χ2n) is 4.87. The molecule has 0 aromatic heterocycles. The molecule has 1 unspecified atom stereocenters. The van der Waals surface area contributed by atoms with Gasteiger partial charge in [0.2, 0.25) is 0 Å². The van der Waals surface area contributed by atoms with Crippen LogP contribution in [0.4, 0.5) is 0 Å². The number of nitrogens with zero attached hydrogens (tertiary/aromatic N) is 1. The van der Waals surface area contributed by atoms with Crippen molar-refractivity contribution in [1.29, 1.82) is 0 Å². The quantitative estimate of drug-likeness (QED) is 0.667. The fourth-order valence-electron chi connectivity index (χ4n) is 2.13. The summed E-state index contributed by atoms with van der Waals surface area (Å²) in [5.41, 5.74) is 2.32. The van der Waals surface area contributed by atoms with Crippen molar-refractivity contribution in [2.24, 2.45) is 5.16 Å². The lowest BCUT2D eigenvalue weighted by atomic mass is 10.1. The maximum absolute atomic E-state index is 5.65. The lowest BCUT2D eigenvalue weighted by Crippen LogP contribution is -2.07. The average molecular weight is 260 g/mol. The van der Waals surface area contributed by atoms with E-state index in [1.54, 1.807) is 0 Å². The summed E-state index contributed by atoms with van der Waals surface area (Å²) in [5, 5.41) is 4.01. The molecule has 1 aromatic rings. The van der Waals surface area contributed by atoms with Crippen LogP contribution in [0, 0.1) is 6.92 Å². The second-order valence-corrected chi connectivity index (χ2v) is 4.87. The van der Waals surface area contributed by atoms with Crippen LogP contribution in [0.3, 0.4) is 0 Å². The van der Waals surface area contributed by atoms with E-state index in [1.165, 1.54) is 5.56 Å². The molecule has 0 fully saturated rings. The number of hydrogen-bond acceptors (Lipinski definition) is 3. The molecule has 0 bridgehead atoms. The first-order chi connectivity index (χ1) is 9.38. The summed E-state index contributed by atoms with van der Waals surface area (Å²) in [6.07, 6.45) is 5.24. The summed E-state index contributed by atoms with van der Waals surface area (Å²) in [5.74, 6) is 0. The molecule has 1 aromatic carbocycles. The molecular formula is C16H22NO2. The van der Waals surface area contributed by atoms with Crippen LogP contribution in [-0.4, -0.2) is 18.4 Å². The maximum atomic E-state index is 5.65. The molecule has 103 valence electrons. The minimum Gasteiger partial charge on any atom is -0.392 e. The predicted molar refractivity (Wildman–Crippen MR) is 76.8 cm³/mol. The zero-order valence-corrected chi connectivity index (χ0v) is 11.4. The van der Waals surface area contributed by atoms with Crippen molar-refractivity contribution >= 4 is 5.71 Å². The molecule has 0 saturated heterocycles. The topological polar surface area (TPSA) is 30.8 Å². The van der Waals surface area contributed by atoms with Gasteiger partial charge in [-0.2, -0.15) is 0 Å². The summed E-state index contributed by atoms with van der Waals surface area (Å²) in [7, 11) is 0. The average Bonchev–Trinajstić information content (AvgIpc) is 2.92. The van der Waals surface area contributed by atoms with E-state index in [4.69, 9.17) is 9.57 Å². The van der Waals surface area contributed by atoms with Gasteiger partial charge in [-0.25, -0.2) is 0 Å². The molecule has 2 rings (SSSR count). The molecule has 0 amide bonds. The van der Waals surface area contributed by atoms with Crippen molar-refractivity contribution in [2.45, 2.75) is 44.8 Å². The minimum atomic E-state index is 0.269. The molecule has 1 aliphatic heterocycles. The molecule has 1 aliphatic rings. The second kappa shape index (κ2) is 7.95. The highest BCUT2D eigenvalue weighted by atomic mass is 16.6. The number of hydrogen-bond donors (Lipinski definition) is 0. The van der Waals surface area contributed by atoms with E-state index in [0.717, 1.165) is 44.4 Å². The summed E-state index contributed by atoms with van der Waals surface area (Å²) in [6, 6.07) is 10.3. The van der Waals surface area contributed by atoms with Gasteiger partial charge < -0.3 is 9.57 Å². The predicted octanol–water partition coefficient (Wildman–Crippen LogP) is 3.74. The van der Waals surface area contributed by atoms with Crippen LogP contribution in [0.25, 0.3) is 0 Å². The van der Waals surface area contributed by atoms with Crippen molar-refractivity contribution in [2.75, 3.05) is 6.61 Å². The molecular weight excluding hydrogens is 238 g/mol. The zero-order chi connectivity index (χ0) is 13.3. The smallest absolute Gasteiger partial charge is 0.132 e. The highest BCUT2D eigenvalue weighted by Gasteiger charge is 2.18. The van der Waals surface area contributed by atoms with E-state index < -0.39 is 0 Å². The third-order valence-corrected chi connectivity index (χ3v) is 3.26. The van der Waals surface area contributed by atoms with Gasteiger partial charge in [0.15, 0.2) is 0 Å². The Bertz CT molecular complexity index is 389. The first-order valence-corrected chi connectivity index (χ1v) is 7.01. The van der Waals surface area contributed by atoms with Crippen LogP contribution in [0.1, 0.15) is 37.7 Å². The molecule has 3 nitrogen and oxygen atoms in total. The van der Waals surface area contributed by atoms with Gasteiger partial charge >= 0.3 is 0 Å². The van der Waals surface area contributed by atoms with E-state index in [1.807, 2.05) is 18.2 Å². The standard InChI is InChI=1S/C16H22NO2/c1-2-15-12-16(19-17-15)10-6-7-11-18-13-14-8-4-3-5-9-14/h3-5,8-9,16H,1-2,6-7,10-13H2. The van der Waals surface area contributed by atoms with Gasteiger partial charge in [0.05, 0.1) is 12.3 Å². The summed E-state index contributed by atoms with van der Waals surface area (Å²) >= 11 is 0. The molecule has 19 heavy (non-hydrogen) atoms. The molecule has 3 heteroatoms. The molecule has 0 aliphatic carbocycles. The normalized spacial score (nSPS) is 18.2. The molecule has 1 atom stereocenters. The number of benzene rings is 1. The van der Waals surface area contributed by atoms with Gasteiger partial charge in [0.25, 0.3) is 0 Å². The van der Waals surface area contributed by atoms with Crippen LogP contribution in [0.5, 0.6) is 0 Å². The molecule has 0 N–H and O–H groups in total. The van der Waals surface area contributed by atoms with Crippen molar-refractivity contribution in [3.63, 3.8) is 0 Å². The Morgan fingerprint density at radius 2 is 2.11 bits per heavy atom. The Hall–Kier alpha value is -1.35. The molecule has 1 radical (unpaired) electrons. The number of unbranched alkanes of at least 4 members (excludes halogenated alkanes) is 1. The SMILES string of the molecule is [CH2]CC1=NOC(CCCCOCc2ccccc2)C1. The minimum absolute atomic E-state index is 0.269. The Balaban J connectivity index is 1.47. The van der Waals surface area contributed by atoms with Crippen LogP contribution in [0.2, 0.25) is 0 Å². The van der Waals surface area contributed by atoms with Crippen LogP contribution in [0.15, 0.2) is 35.5 Å². The Labute approximate surface area is 115 Å². The van der Waals surface area contributed by atoms with E-state index >= 15 is 0 Å². The van der Waals surface area contributed by atoms with E-state index in [0.29, 0.717) is 6.61 Å². The number of ether oxygens (including phenoxy) is 1. The highest BCUT2D eigenvalue weighted by molar-refractivity contribution is 5.85. The van der Waals surface area contributed by atoms with E-state index in [-0.39, 0.29) is 6.10 Å². The van der Waals surface area contributed by atoms with Gasteiger partial charge in [0, 0.05) is 13.0 Å².